The van der Waals surface area contributed by atoms with Crippen LogP contribution in [0.5, 0.6) is 0 Å². The number of thioether (sulfide) groups is 1. The van der Waals surface area contributed by atoms with Gasteiger partial charge in [-0.3, -0.25) is 9.36 Å². The van der Waals surface area contributed by atoms with Crippen molar-refractivity contribution in [3.63, 3.8) is 0 Å². The third-order valence-electron chi connectivity index (χ3n) is 4.98. The van der Waals surface area contributed by atoms with Gasteiger partial charge < -0.3 is 4.74 Å². The Balaban J connectivity index is 1.63. The van der Waals surface area contributed by atoms with Gasteiger partial charge in [0.05, 0.1) is 17.9 Å². The third kappa shape index (κ3) is 3.83. The highest BCUT2D eigenvalue weighted by atomic mass is 32.2. The zero-order valence-electron chi connectivity index (χ0n) is 14.6. The average Bonchev–Trinajstić information content (AvgIpc) is 3.29. The quantitative estimate of drug-likeness (QED) is 0.794. The van der Waals surface area contributed by atoms with Gasteiger partial charge in [-0.05, 0) is 49.9 Å². The fourth-order valence-corrected chi connectivity index (χ4v) is 4.71. The molecule has 2 aromatic rings. The normalized spacial score (nSPS) is 23.5. The number of ketones is 1. The van der Waals surface area contributed by atoms with Crippen LogP contribution in [0.15, 0.2) is 29.4 Å². The zero-order chi connectivity index (χ0) is 17.9. The molecule has 0 radical (unpaired) electrons. The zero-order valence-corrected chi connectivity index (χ0v) is 15.4. The Morgan fingerprint density at radius 1 is 1.15 bits per heavy atom. The average molecular weight is 375 g/mol. The van der Waals surface area contributed by atoms with E-state index in [1.165, 1.54) is 23.9 Å². The summed E-state index contributed by atoms with van der Waals surface area (Å²) < 4.78 is 21.1. The van der Waals surface area contributed by atoms with Gasteiger partial charge in [0.2, 0.25) is 0 Å². The van der Waals surface area contributed by atoms with Crippen molar-refractivity contribution >= 4 is 17.5 Å². The molecule has 1 aromatic carbocycles. The summed E-state index contributed by atoms with van der Waals surface area (Å²) in [6, 6.07) is 6.28. The number of carbonyl (C=O) groups excluding carboxylic acids is 1. The number of benzene rings is 1. The maximum atomic E-state index is 13.3. The Morgan fingerprint density at radius 3 is 2.73 bits per heavy atom. The summed E-state index contributed by atoms with van der Waals surface area (Å²) in [6.07, 6.45) is 5.81. The number of hydrogen-bond acceptors (Lipinski definition) is 5. The van der Waals surface area contributed by atoms with Gasteiger partial charge in [-0.1, -0.05) is 18.2 Å². The van der Waals surface area contributed by atoms with E-state index in [9.17, 15) is 9.18 Å². The van der Waals surface area contributed by atoms with Gasteiger partial charge in [-0.2, -0.15) is 0 Å². The fourth-order valence-electron chi connectivity index (χ4n) is 3.55. The molecule has 0 spiro atoms. The maximum Gasteiger partial charge on any atom is 0.192 e. The highest BCUT2D eigenvalue weighted by Gasteiger charge is 2.28. The number of nitrogens with zero attached hydrogens (tertiary/aromatic N) is 3. The van der Waals surface area contributed by atoms with E-state index in [2.05, 4.69) is 10.2 Å². The molecule has 0 unspecified atom stereocenters. The Labute approximate surface area is 156 Å². The summed E-state index contributed by atoms with van der Waals surface area (Å²) in [4.78, 5) is 12.2. The largest absolute Gasteiger partial charge is 0.376 e. The fraction of sp³-hybridized carbons (Fsp3) is 0.526. The maximum absolute atomic E-state index is 13.3. The minimum Gasteiger partial charge on any atom is -0.376 e. The molecule has 5 nitrogen and oxygen atoms in total. The standard InChI is InChI=1S/C19H22FN3O2S/c20-14-9-7-13(8-10-14)18-21-22-19(23(18)12-15-4-3-11-25-15)26-17-6-2-1-5-16(17)24/h7-10,15,17H,1-6,11-12H2/t15-,17-/m1/s1. The van der Waals surface area contributed by atoms with Gasteiger partial charge >= 0.3 is 0 Å². The first-order valence-corrected chi connectivity index (χ1v) is 10.1. The molecule has 0 N–H and O–H groups in total. The molecule has 2 atom stereocenters. The van der Waals surface area contributed by atoms with Crippen LogP contribution < -0.4 is 0 Å². The summed E-state index contributed by atoms with van der Waals surface area (Å²) in [5, 5.41) is 9.42. The van der Waals surface area contributed by atoms with E-state index in [4.69, 9.17) is 4.74 Å². The Kier molecular flexibility index (Phi) is 5.36. The summed E-state index contributed by atoms with van der Waals surface area (Å²) in [5.74, 6) is 0.726. The van der Waals surface area contributed by atoms with Gasteiger partial charge in [0.25, 0.3) is 0 Å². The second-order valence-corrected chi connectivity index (χ2v) is 8.05. The van der Waals surface area contributed by atoms with Crippen molar-refractivity contribution in [3.8, 4) is 11.4 Å². The summed E-state index contributed by atoms with van der Waals surface area (Å²) >= 11 is 1.51. The van der Waals surface area contributed by atoms with Crippen molar-refractivity contribution < 1.29 is 13.9 Å². The van der Waals surface area contributed by atoms with Crippen LogP contribution in [-0.2, 0) is 16.1 Å². The molecule has 0 bridgehead atoms. The molecule has 1 aliphatic carbocycles. The van der Waals surface area contributed by atoms with Crippen LogP contribution in [0.1, 0.15) is 38.5 Å². The van der Waals surface area contributed by atoms with Crippen LogP contribution in [0.25, 0.3) is 11.4 Å². The first-order chi connectivity index (χ1) is 12.7. The highest BCUT2D eigenvalue weighted by molar-refractivity contribution is 8.00. The molecule has 2 fully saturated rings. The molecule has 4 rings (SSSR count). The predicted octanol–water partition coefficient (Wildman–Crippen LogP) is 3.87. The van der Waals surface area contributed by atoms with Crippen LogP contribution >= 0.6 is 11.8 Å². The molecule has 1 aromatic heterocycles. The molecule has 0 amide bonds. The monoisotopic (exact) mass is 375 g/mol. The van der Waals surface area contributed by atoms with Crippen molar-refractivity contribution in [2.24, 2.45) is 0 Å². The van der Waals surface area contributed by atoms with Gasteiger partial charge in [-0.15, -0.1) is 10.2 Å². The molecule has 1 saturated heterocycles. The SMILES string of the molecule is O=C1CCCC[C@H]1Sc1nnc(-c2ccc(F)cc2)n1C[C@H]1CCCO1. The molecule has 2 aliphatic rings. The Hall–Kier alpha value is -1.73. The van der Waals surface area contributed by atoms with Crippen LogP contribution in [0.2, 0.25) is 0 Å². The van der Waals surface area contributed by atoms with Crippen molar-refractivity contribution in [2.45, 2.75) is 61.6 Å². The Morgan fingerprint density at radius 2 is 2.00 bits per heavy atom. The number of carbonyl (C=O) groups is 1. The lowest BCUT2D eigenvalue weighted by atomic mass is 9.99. The molecule has 1 aliphatic heterocycles. The first-order valence-electron chi connectivity index (χ1n) is 9.21. The van der Waals surface area contributed by atoms with Crippen LogP contribution in [0.4, 0.5) is 4.39 Å². The van der Waals surface area contributed by atoms with Crippen LogP contribution in [0.3, 0.4) is 0 Å². The lowest BCUT2D eigenvalue weighted by Crippen LogP contribution is -2.23. The number of ether oxygens (including phenoxy) is 1. The van der Waals surface area contributed by atoms with Gasteiger partial charge in [0.15, 0.2) is 11.0 Å². The molecule has 7 heteroatoms. The summed E-state index contributed by atoms with van der Waals surface area (Å²) in [5.41, 5.74) is 0.818. The minimum atomic E-state index is -0.277. The van der Waals surface area contributed by atoms with Crippen LogP contribution in [-0.4, -0.2) is 38.5 Å². The molecular weight excluding hydrogens is 353 g/mol. The summed E-state index contributed by atoms with van der Waals surface area (Å²) in [7, 11) is 0. The van der Waals surface area contributed by atoms with Crippen LogP contribution in [0, 0.1) is 5.82 Å². The van der Waals surface area contributed by atoms with Gasteiger partial charge in [0.1, 0.15) is 11.6 Å². The lowest BCUT2D eigenvalue weighted by molar-refractivity contribution is -0.119. The first kappa shape index (κ1) is 17.7. The van der Waals surface area contributed by atoms with Gasteiger partial charge in [-0.25, -0.2) is 4.39 Å². The van der Waals surface area contributed by atoms with E-state index >= 15 is 0 Å². The number of rotatable bonds is 5. The second kappa shape index (κ2) is 7.88. The molecule has 1 saturated carbocycles. The van der Waals surface area contributed by atoms with E-state index in [-0.39, 0.29) is 17.2 Å². The smallest absolute Gasteiger partial charge is 0.192 e. The Bertz CT molecular complexity index is 772. The van der Waals surface area contributed by atoms with E-state index in [1.807, 2.05) is 4.57 Å². The predicted molar refractivity (Wildman–Crippen MR) is 97.5 cm³/mol. The van der Waals surface area contributed by atoms with E-state index in [1.54, 1.807) is 12.1 Å². The number of halogens is 1. The topological polar surface area (TPSA) is 57.0 Å². The summed E-state index contributed by atoms with van der Waals surface area (Å²) in [6.45, 7) is 1.44. The third-order valence-corrected chi connectivity index (χ3v) is 6.27. The van der Waals surface area contributed by atoms with E-state index in [0.717, 1.165) is 49.4 Å². The highest BCUT2D eigenvalue weighted by Crippen LogP contribution is 2.33. The van der Waals surface area contributed by atoms with Gasteiger partial charge in [0, 0.05) is 18.6 Å². The van der Waals surface area contributed by atoms with E-state index < -0.39 is 0 Å². The number of Topliss-reactive ketones (excluding diaryl/α,β-unsaturated/α-hetero) is 1. The molecule has 2 heterocycles. The lowest BCUT2D eigenvalue weighted by Gasteiger charge is -2.20. The molecular formula is C19H22FN3O2S. The van der Waals surface area contributed by atoms with Crippen molar-refractivity contribution in [3.05, 3.63) is 30.1 Å². The number of hydrogen-bond donors (Lipinski definition) is 0. The minimum absolute atomic E-state index is 0.0442. The molecule has 26 heavy (non-hydrogen) atoms. The van der Waals surface area contributed by atoms with Crippen molar-refractivity contribution in [1.82, 2.24) is 14.8 Å². The molecule has 138 valence electrons. The van der Waals surface area contributed by atoms with Crippen molar-refractivity contribution in [2.75, 3.05) is 6.61 Å². The number of aromatic nitrogens is 3. The second-order valence-electron chi connectivity index (χ2n) is 6.88. The van der Waals surface area contributed by atoms with E-state index in [0.29, 0.717) is 24.6 Å². The van der Waals surface area contributed by atoms with Crippen molar-refractivity contribution in [1.29, 1.82) is 0 Å².